The second kappa shape index (κ2) is 11.9. The number of aromatic nitrogens is 1. The molecule has 0 spiro atoms. The number of carbonyl (C=O) groups is 1. The van der Waals surface area contributed by atoms with E-state index in [4.69, 9.17) is 32.9 Å². The lowest BCUT2D eigenvalue weighted by atomic mass is 9.96. The predicted molar refractivity (Wildman–Crippen MR) is 146 cm³/mol. The Morgan fingerprint density at radius 1 is 0.974 bits per heavy atom. The third-order valence-electron chi connectivity index (χ3n) is 5.72. The van der Waals surface area contributed by atoms with Crippen LogP contribution in [0.1, 0.15) is 27.2 Å². The summed E-state index contributed by atoms with van der Waals surface area (Å²) in [4.78, 5) is 17.6. The summed E-state index contributed by atoms with van der Waals surface area (Å²) in [7, 11) is 1.54. The number of nitrogens with one attached hydrogen (secondary N) is 1. The van der Waals surface area contributed by atoms with Gasteiger partial charge in [-0.2, -0.15) is 13.2 Å². The van der Waals surface area contributed by atoms with E-state index >= 15 is 0 Å². The molecule has 0 radical (unpaired) electrons. The molecule has 1 amide bonds. The van der Waals surface area contributed by atoms with Crippen molar-refractivity contribution in [1.82, 2.24) is 10.3 Å². The molecule has 0 aliphatic rings. The lowest BCUT2D eigenvalue weighted by Crippen LogP contribution is -2.24. The summed E-state index contributed by atoms with van der Waals surface area (Å²) >= 11 is 16.1. The molecule has 0 aliphatic carbocycles. The van der Waals surface area contributed by atoms with Gasteiger partial charge in [-0.05, 0) is 60.2 Å². The molecule has 1 N–H and O–H groups in total. The molecule has 0 unspecified atom stereocenters. The van der Waals surface area contributed by atoms with Crippen LogP contribution in [0.5, 0.6) is 0 Å². The summed E-state index contributed by atoms with van der Waals surface area (Å²) < 4.78 is 44.9. The van der Waals surface area contributed by atoms with E-state index in [1.807, 2.05) is 30.3 Å². The second-order valence-electron chi connectivity index (χ2n) is 8.31. The molecule has 4 rings (SSSR count). The summed E-state index contributed by atoms with van der Waals surface area (Å²) in [6, 6.07) is 18.7. The van der Waals surface area contributed by atoms with E-state index in [-0.39, 0.29) is 18.7 Å². The Labute approximate surface area is 235 Å². The number of benzene rings is 3. The van der Waals surface area contributed by atoms with Gasteiger partial charge in [0.05, 0.1) is 23.6 Å². The summed E-state index contributed by atoms with van der Waals surface area (Å²) in [6.07, 6.45) is -4.48. The highest BCUT2D eigenvalue weighted by Gasteiger charge is 2.30. The van der Waals surface area contributed by atoms with E-state index in [0.29, 0.717) is 38.1 Å². The molecule has 0 fully saturated rings. The highest BCUT2D eigenvalue weighted by atomic mass is 79.9. The van der Waals surface area contributed by atoms with Crippen molar-refractivity contribution in [3.05, 3.63) is 110 Å². The number of nitrogens with zero attached hydrogens (tertiary/aromatic N) is 1. The molecule has 38 heavy (non-hydrogen) atoms. The maximum absolute atomic E-state index is 12.9. The van der Waals surface area contributed by atoms with E-state index < -0.39 is 17.6 Å². The van der Waals surface area contributed by atoms with Crippen LogP contribution in [0.4, 0.5) is 13.2 Å². The van der Waals surface area contributed by atoms with Crippen LogP contribution < -0.4 is 5.32 Å². The van der Waals surface area contributed by atoms with Gasteiger partial charge < -0.3 is 10.1 Å². The minimum Gasteiger partial charge on any atom is -0.378 e. The Bertz CT molecular complexity index is 1460. The van der Waals surface area contributed by atoms with Crippen LogP contribution in [0.2, 0.25) is 10.0 Å². The first-order valence-electron chi connectivity index (χ1n) is 11.3. The van der Waals surface area contributed by atoms with Crippen molar-refractivity contribution in [3.63, 3.8) is 0 Å². The number of carbonyl (C=O) groups excluding carboxylic acids is 1. The van der Waals surface area contributed by atoms with Crippen LogP contribution in [-0.2, 0) is 24.1 Å². The van der Waals surface area contributed by atoms with Crippen LogP contribution in [0.25, 0.3) is 22.4 Å². The lowest BCUT2D eigenvalue weighted by Gasteiger charge is -2.17. The number of methoxy groups -OCH3 is 1. The van der Waals surface area contributed by atoms with Crippen molar-refractivity contribution in [2.75, 3.05) is 7.11 Å². The number of ether oxygens (including phenoxy) is 1. The van der Waals surface area contributed by atoms with Crippen molar-refractivity contribution in [2.45, 2.75) is 19.3 Å². The number of alkyl halides is 3. The minimum absolute atomic E-state index is 0.0599. The normalized spacial score (nSPS) is 11.4. The van der Waals surface area contributed by atoms with Gasteiger partial charge in [-0.25, -0.2) is 4.98 Å². The largest absolute Gasteiger partial charge is 0.416 e. The van der Waals surface area contributed by atoms with E-state index in [1.165, 1.54) is 7.11 Å². The van der Waals surface area contributed by atoms with E-state index in [2.05, 4.69) is 21.2 Å². The zero-order chi connectivity index (χ0) is 27.4. The van der Waals surface area contributed by atoms with Gasteiger partial charge in [-0.15, -0.1) is 0 Å². The highest BCUT2D eigenvalue weighted by Crippen LogP contribution is 2.38. The molecular formula is C28H20BrCl2F3N2O2. The average molecular weight is 624 g/mol. The number of rotatable bonds is 7. The maximum Gasteiger partial charge on any atom is 0.416 e. The van der Waals surface area contributed by atoms with Crippen LogP contribution >= 0.6 is 39.1 Å². The molecule has 1 heterocycles. The summed E-state index contributed by atoms with van der Waals surface area (Å²) in [6.45, 7) is 0.230. The van der Waals surface area contributed by atoms with Gasteiger partial charge >= 0.3 is 6.18 Å². The third-order valence-corrected chi connectivity index (χ3v) is 6.80. The van der Waals surface area contributed by atoms with Gasteiger partial charge in [0.1, 0.15) is 0 Å². The van der Waals surface area contributed by atoms with E-state index in [9.17, 15) is 18.0 Å². The van der Waals surface area contributed by atoms with E-state index in [1.54, 1.807) is 18.2 Å². The Morgan fingerprint density at radius 3 is 2.26 bits per heavy atom. The molecular weight excluding hydrogens is 604 g/mol. The van der Waals surface area contributed by atoms with Crippen LogP contribution in [-0.4, -0.2) is 18.0 Å². The fourth-order valence-corrected chi connectivity index (χ4v) is 4.61. The Kier molecular flexibility index (Phi) is 8.78. The van der Waals surface area contributed by atoms with Crippen molar-refractivity contribution < 1.29 is 22.7 Å². The van der Waals surface area contributed by atoms with Crippen LogP contribution in [0.3, 0.4) is 0 Å². The van der Waals surface area contributed by atoms with Gasteiger partial charge in [-0.1, -0.05) is 57.3 Å². The predicted octanol–water partition coefficient (Wildman–Crippen LogP) is 8.58. The SMILES string of the molecule is COCc1nc(-c2ccc(Br)cc2)c(-c2ccc(Cl)cc2Cl)cc1CNC(=O)c1ccc(C(F)(F)F)cc1. The monoisotopic (exact) mass is 622 g/mol. The average Bonchev–Trinajstić information content (AvgIpc) is 2.88. The number of amides is 1. The quantitative estimate of drug-likeness (QED) is 0.224. The molecule has 4 aromatic rings. The van der Waals surface area contributed by atoms with Gasteiger partial charge in [-0.3, -0.25) is 4.79 Å². The zero-order valence-corrected chi connectivity index (χ0v) is 23.0. The molecule has 0 saturated heterocycles. The van der Waals surface area contributed by atoms with Gasteiger partial charge in [0.15, 0.2) is 0 Å². The summed E-state index contributed by atoms with van der Waals surface area (Å²) in [5.74, 6) is -0.523. The molecule has 0 aliphatic heterocycles. The fourth-order valence-electron chi connectivity index (χ4n) is 3.84. The van der Waals surface area contributed by atoms with E-state index in [0.717, 1.165) is 34.3 Å². The smallest absolute Gasteiger partial charge is 0.378 e. The zero-order valence-electron chi connectivity index (χ0n) is 19.9. The third kappa shape index (κ3) is 6.56. The van der Waals surface area contributed by atoms with Crippen molar-refractivity contribution in [2.24, 2.45) is 0 Å². The van der Waals surface area contributed by atoms with Gasteiger partial charge in [0.2, 0.25) is 0 Å². The Hall–Kier alpha value is -2.91. The highest BCUT2D eigenvalue weighted by molar-refractivity contribution is 9.10. The molecule has 196 valence electrons. The lowest BCUT2D eigenvalue weighted by molar-refractivity contribution is -0.137. The fraction of sp³-hybridized carbons (Fsp3) is 0.143. The Morgan fingerprint density at radius 2 is 1.66 bits per heavy atom. The number of pyridine rings is 1. The molecule has 0 atom stereocenters. The number of halogens is 6. The van der Waals surface area contributed by atoms with Crippen LogP contribution in [0.15, 0.2) is 77.3 Å². The molecule has 0 bridgehead atoms. The van der Waals surface area contributed by atoms with Crippen molar-refractivity contribution >= 4 is 45.0 Å². The second-order valence-corrected chi connectivity index (χ2v) is 10.1. The summed E-state index contributed by atoms with van der Waals surface area (Å²) in [5, 5.41) is 3.68. The van der Waals surface area contributed by atoms with Gasteiger partial charge in [0.25, 0.3) is 5.91 Å². The molecule has 4 nitrogen and oxygen atoms in total. The minimum atomic E-state index is -4.48. The molecule has 3 aromatic carbocycles. The Balaban J connectivity index is 1.73. The molecule has 10 heteroatoms. The van der Waals surface area contributed by atoms with Crippen molar-refractivity contribution in [3.8, 4) is 22.4 Å². The first-order chi connectivity index (χ1) is 18.1. The first kappa shape index (κ1) is 28.1. The van der Waals surface area contributed by atoms with Crippen LogP contribution in [0, 0.1) is 0 Å². The number of hydrogen-bond acceptors (Lipinski definition) is 3. The number of hydrogen-bond donors (Lipinski definition) is 1. The summed E-state index contributed by atoms with van der Waals surface area (Å²) in [5.41, 5.74) is 3.44. The van der Waals surface area contributed by atoms with Crippen molar-refractivity contribution in [1.29, 1.82) is 0 Å². The standard InChI is InChI=1S/C28H20BrCl2F3N2O2/c1-38-15-25-18(14-35-27(37)17-2-6-19(7-3-17)28(32,33)34)12-23(22-11-10-21(30)13-24(22)31)26(36-25)16-4-8-20(29)9-5-16/h2-13H,14-15H2,1H3,(H,35,37). The molecule has 1 aromatic heterocycles. The topological polar surface area (TPSA) is 51.2 Å². The van der Waals surface area contributed by atoms with Gasteiger partial charge in [0, 0.05) is 50.4 Å². The first-order valence-corrected chi connectivity index (χ1v) is 12.8. The molecule has 0 saturated carbocycles. The maximum atomic E-state index is 12.9.